The van der Waals surface area contributed by atoms with Gasteiger partial charge in [-0.25, -0.2) is 5.14 Å². The summed E-state index contributed by atoms with van der Waals surface area (Å²) in [5.74, 6) is -0.259. The lowest BCUT2D eigenvalue weighted by atomic mass is 9.93. The Hall–Kier alpha value is -0.660. The summed E-state index contributed by atoms with van der Waals surface area (Å²) in [5, 5.41) is 7.73. The van der Waals surface area contributed by atoms with Crippen LogP contribution in [0.2, 0.25) is 0 Å². The second-order valence-corrected chi connectivity index (χ2v) is 5.22. The van der Waals surface area contributed by atoms with E-state index in [9.17, 15) is 13.2 Å². The van der Waals surface area contributed by atoms with Gasteiger partial charge in [0.2, 0.25) is 5.91 Å². The van der Waals surface area contributed by atoms with Gasteiger partial charge in [0, 0.05) is 13.1 Å². The normalized spacial score (nSPS) is 33.9. The number of amides is 1. The van der Waals surface area contributed by atoms with E-state index in [0.29, 0.717) is 19.5 Å². The number of carbonyl (C=O) groups excluding carboxylic acids is 1. The van der Waals surface area contributed by atoms with E-state index in [1.54, 1.807) is 0 Å². The average Bonchev–Trinajstić information content (AvgIpc) is 2.46. The lowest BCUT2D eigenvalue weighted by Gasteiger charge is -2.33. The molecule has 3 N–H and O–H groups in total. The van der Waals surface area contributed by atoms with Crippen LogP contribution in [-0.4, -0.2) is 37.8 Å². The fourth-order valence-electron chi connectivity index (χ4n) is 2.23. The van der Waals surface area contributed by atoms with Gasteiger partial charge >= 0.3 is 0 Å². The van der Waals surface area contributed by atoms with Gasteiger partial charge in [-0.2, -0.15) is 12.7 Å². The summed E-state index contributed by atoms with van der Waals surface area (Å²) in [7, 11) is -3.66. The highest BCUT2D eigenvalue weighted by Crippen LogP contribution is 2.28. The average molecular weight is 219 g/mol. The van der Waals surface area contributed by atoms with Gasteiger partial charge in [0.25, 0.3) is 10.2 Å². The van der Waals surface area contributed by atoms with E-state index in [0.717, 1.165) is 6.42 Å². The lowest BCUT2D eigenvalue weighted by Crippen LogP contribution is -2.51. The molecule has 2 fully saturated rings. The molecule has 0 aliphatic carbocycles. The minimum Gasteiger partial charge on any atom is -0.354 e. The first kappa shape index (κ1) is 9.88. The number of nitrogens with zero attached hydrogens (tertiary/aromatic N) is 1. The Morgan fingerprint density at radius 3 is 2.86 bits per heavy atom. The van der Waals surface area contributed by atoms with E-state index >= 15 is 0 Å². The second-order valence-electron chi connectivity index (χ2n) is 3.72. The van der Waals surface area contributed by atoms with Crippen LogP contribution in [-0.2, 0) is 15.0 Å². The van der Waals surface area contributed by atoms with Crippen molar-refractivity contribution in [2.75, 3.05) is 13.1 Å². The SMILES string of the molecule is NS(=O)(=O)N1CCCC2C(=O)NCC21. The highest BCUT2D eigenvalue weighted by Gasteiger charge is 2.44. The molecule has 6 nitrogen and oxygen atoms in total. The molecule has 14 heavy (non-hydrogen) atoms. The van der Waals surface area contributed by atoms with Gasteiger partial charge < -0.3 is 5.32 Å². The molecule has 0 aromatic heterocycles. The van der Waals surface area contributed by atoms with E-state index in [1.165, 1.54) is 4.31 Å². The van der Waals surface area contributed by atoms with Crippen LogP contribution in [0.1, 0.15) is 12.8 Å². The maximum absolute atomic E-state index is 11.3. The zero-order valence-corrected chi connectivity index (χ0v) is 8.46. The fraction of sp³-hybridized carbons (Fsp3) is 0.857. The highest BCUT2D eigenvalue weighted by molar-refractivity contribution is 7.86. The lowest BCUT2D eigenvalue weighted by molar-refractivity contribution is -0.123. The quantitative estimate of drug-likeness (QED) is 0.556. The van der Waals surface area contributed by atoms with Gasteiger partial charge in [-0.1, -0.05) is 0 Å². The van der Waals surface area contributed by atoms with Crippen LogP contribution in [0.15, 0.2) is 0 Å². The Kier molecular flexibility index (Phi) is 2.24. The minimum absolute atomic E-state index is 0.0525. The molecule has 1 amide bonds. The molecule has 2 rings (SSSR count). The molecule has 7 heteroatoms. The second kappa shape index (κ2) is 3.18. The molecule has 2 saturated heterocycles. The molecule has 2 heterocycles. The number of nitrogens with one attached hydrogen (secondary N) is 1. The predicted octanol–water partition coefficient (Wildman–Crippen LogP) is -1.60. The molecule has 0 saturated carbocycles. The number of hydrogen-bond acceptors (Lipinski definition) is 3. The van der Waals surface area contributed by atoms with Crippen molar-refractivity contribution in [2.24, 2.45) is 11.1 Å². The van der Waals surface area contributed by atoms with Crippen molar-refractivity contribution in [1.82, 2.24) is 9.62 Å². The molecule has 0 spiro atoms. The number of piperidine rings is 1. The third-order valence-electron chi connectivity index (χ3n) is 2.88. The first-order valence-corrected chi connectivity index (χ1v) is 6.08. The first-order valence-electron chi connectivity index (χ1n) is 4.57. The van der Waals surface area contributed by atoms with Crippen LogP contribution in [0, 0.1) is 5.92 Å². The fourth-order valence-corrected chi connectivity index (χ4v) is 3.21. The Morgan fingerprint density at radius 2 is 2.21 bits per heavy atom. The molecule has 0 aromatic rings. The summed E-state index contributed by atoms with van der Waals surface area (Å²) in [6, 6.07) is -0.272. The van der Waals surface area contributed by atoms with Gasteiger partial charge in [0.05, 0.1) is 12.0 Å². The van der Waals surface area contributed by atoms with E-state index in [4.69, 9.17) is 5.14 Å². The van der Waals surface area contributed by atoms with E-state index in [1.807, 2.05) is 0 Å². The van der Waals surface area contributed by atoms with Crippen molar-refractivity contribution in [3.8, 4) is 0 Å². The van der Waals surface area contributed by atoms with Crippen LogP contribution >= 0.6 is 0 Å². The Balaban J connectivity index is 2.25. The standard InChI is InChI=1S/C7H13N3O3S/c8-14(12,13)10-3-1-2-5-6(10)4-9-7(5)11/h5-6H,1-4H2,(H,9,11)(H2,8,12,13). The molecule has 0 radical (unpaired) electrons. The van der Waals surface area contributed by atoms with Gasteiger partial charge in [-0.3, -0.25) is 4.79 Å². The molecule has 2 atom stereocenters. The topological polar surface area (TPSA) is 92.5 Å². The van der Waals surface area contributed by atoms with Crippen LogP contribution in [0.5, 0.6) is 0 Å². The summed E-state index contributed by atoms with van der Waals surface area (Å²) in [5.41, 5.74) is 0. The smallest absolute Gasteiger partial charge is 0.277 e. The number of nitrogens with two attached hydrogens (primary N) is 1. The van der Waals surface area contributed by atoms with Gasteiger partial charge in [-0.15, -0.1) is 0 Å². The largest absolute Gasteiger partial charge is 0.354 e. The third-order valence-corrected chi connectivity index (χ3v) is 3.98. The zero-order valence-electron chi connectivity index (χ0n) is 7.64. The van der Waals surface area contributed by atoms with Gasteiger partial charge in [-0.05, 0) is 12.8 Å². The third kappa shape index (κ3) is 1.51. The number of rotatable bonds is 1. The Morgan fingerprint density at radius 1 is 1.50 bits per heavy atom. The van der Waals surface area contributed by atoms with Crippen molar-refractivity contribution < 1.29 is 13.2 Å². The van der Waals surface area contributed by atoms with E-state index in [2.05, 4.69) is 5.32 Å². The molecule has 0 bridgehead atoms. The van der Waals surface area contributed by atoms with E-state index < -0.39 is 10.2 Å². The summed E-state index contributed by atoms with van der Waals surface area (Å²) in [6.45, 7) is 0.814. The predicted molar refractivity (Wildman–Crippen MR) is 49.3 cm³/mol. The van der Waals surface area contributed by atoms with Crippen molar-refractivity contribution in [2.45, 2.75) is 18.9 Å². The molecule has 80 valence electrons. The van der Waals surface area contributed by atoms with Gasteiger partial charge in [0.1, 0.15) is 0 Å². The van der Waals surface area contributed by atoms with E-state index in [-0.39, 0.29) is 17.9 Å². The Bertz CT molecular complexity index is 353. The number of carbonyl (C=O) groups is 1. The first-order chi connectivity index (χ1) is 6.50. The van der Waals surface area contributed by atoms with Crippen LogP contribution < -0.4 is 10.5 Å². The summed E-state index contributed by atoms with van der Waals surface area (Å²) in [6.07, 6.45) is 1.45. The number of fused-ring (bicyclic) bond motifs is 1. The molecule has 2 unspecified atom stereocenters. The molecule has 2 aliphatic rings. The maximum Gasteiger partial charge on any atom is 0.277 e. The van der Waals surface area contributed by atoms with Crippen LogP contribution in [0.3, 0.4) is 0 Å². The Labute approximate surface area is 82.6 Å². The summed E-state index contributed by atoms with van der Waals surface area (Å²) >= 11 is 0. The summed E-state index contributed by atoms with van der Waals surface area (Å²) < 4.78 is 23.6. The van der Waals surface area contributed by atoms with Crippen LogP contribution in [0.4, 0.5) is 0 Å². The molecular weight excluding hydrogens is 206 g/mol. The number of hydrogen-bond donors (Lipinski definition) is 2. The van der Waals surface area contributed by atoms with Crippen molar-refractivity contribution in [3.05, 3.63) is 0 Å². The van der Waals surface area contributed by atoms with Crippen molar-refractivity contribution in [1.29, 1.82) is 0 Å². The van der Waals surface area contributed by atoms with Crippen LogP contribution in [0.25, 0.3) is 0 Å². The summed E-state index contributed by atoms with van der Waals surface area (Å²) in [4.78, 5) is 11.3. The molecular formula is C7H13N3O3S. The van der Waals surface area contributed by atoms with Gasteiger partial charge in [0.15, 0.2) is 0 Å². The monoisotopic (exact) mass is 219 g/mol. The molecule has 2 aliphatic heterocycles. The van der Waals surface area contributed by atoms with Crippen molar-refractivity contribution in [3.63, 3.8) is 0 Å². The zero-order chi connectivity index (χ0) is 10.3. The highest BCUT2D eigenvalue weighted by atomic mass is 32.2. The molecule has 0 aromatic carbocycles. The minimum atomic E-state index is -3.66. The van der Waals surface area contributed by atoms with Crippen molar-refractivity contribution >= 4 is 16.1 Å². The maximum atomic E-state index is 11.3.